The standard InChI is InChI=1S/C26H26N2O5/c29-25-14-19(20-12-17-4-3-5-18(17)13-23(20)33-25)15-28-16-24(26(30)27-8-10-31-11-9-27)32-22-7-2-1-6-21(22)28/h1-2,6-7,12-14,24H,3-5,8-11,15-16H2/t24-/m1/s1. The molecule has 0 unspecified atom stereocenters. The Morgan fingerprint density at radius 1 is 1.03 bits per heavy atom. The zero-order chi connectivity index (χ0) is 22.4. The molecule has 1 saturated heterocycles. The van der Waals surface area contributed by atoms with Gasteiger partial charge in [0.15, 0.2) is 6.10 Å². The Kier molecular flexibility index (Phi) is 5.06. The number of amides is 1. The summed E-state index contributed by atoms with van der Waals surface area (Å²) in [6.45, 7) is 3.17. The molecule has 2 aromatic carbocycles. The summed E-state index contributed by atoms with van der Waals surface area (Å²) >= 11 is 0. The number of morpholine rings is 1. The lowest BCUT2D eigenvalue weighted by Gasteiger charge is -2.38. The molecule has 0 bridgehead atoms. The molecule has 2 aliphatic heterocycles. The second-order valence-corrected chi connectivity index (χ2v) is 8.95. The summed E-state index contributed by atoms with van der Waals surface area (Å²) in [4.78, 5) is 29.6. The van der Waals surface area contributed by atoms with Crippen molar-refractivity contribution < 1.29 is 18.7 Å². The molecule has 0 saturated carbocycles. The fourth-order valence-corrected chi connectivity index (χ4v) is 5.20. The number of anilines is 1. The van der Waals surface area contributed by atoms with E-state index in [-0.39, 0.29) is 11.5 Å². The summed E-state index contributed by atoms with van der Waals surface area (Å²) in [5, 5.41) is 0.968. The van der Waals surface area contributed by atoms with Crippen LogP contribution in [0.2, 0.25) is 0 Å². The van der Waals surface area contributed by atoms with Gasteiger partial charge in [-0.05, 0) is 60.2 Å². The first kappa shape index (κ1) is 20.3. The quantitative estimate of drug-likeness (QED) is 0.576. The average Bonchev–Trinajstić information content (AvgIpc) is 3.30. The van der Waals surface area contributed by atoms with Crippen LogP contribution in [0.4, 0.5) is 5.69 Å². The van der Waals surface area contributed by atoms with Crippen LogP contribution in [0.3, 0.4) is 0 Å². The van der Waals surface area contributed by atoms with E-state index in [1.165, 1.54) is 11.1 Å². The summed E-state index contributed by atoms with van der Waals surface area (Å²) in [6.07, 6.45) is 2.61. The highest BCUT2D eigenvalue weighted by Gasteiger charge is 2.34. The van der Waals surface area contributed by atoms with Crippen molar-refractivity contribution in [3.8, 4) is 5.75 Å². The van der Waals surface area contributed by atoms with E-state index in [1.807, 2.05) is 35.2 Å². The van der Waals surface area contributed by atoms with Crippen LogP contribution in [0.15, 0.2) is 51.7 Å². The minimum absolute atomic E-state index is 0.0203. The van der Waals surface area contributed by atoms with Gasteiger partial charge < -0.3 is 23.7 Å². The van der Waals surface area contributed by atoms with E-state index in [9.17, 15) is 9.59 Å². The van der Waals surface area contributed by atoms with Crippen LogP contribution < -0.4 is 15.3 Å². The van der Waals surface area contributed by atoms with Crippen LogP contribution in [0.5, 0.6) is 5.75 Å². The molecule has 1 atom stereocenters. The summed E-state index contributed by atoms with van der Waals surface area (Å²) in [5.41, 5.74) is 4.73. The molecule has 0 radical (unpaired) electrons. The first-order chi connectivity index (χ1) is 16.2. The number of rotatable bonds is 3. The minimum Gasteiger partial charge on any atom is -0.477 e. The van der Waals surface area contributed by atoms with Crippen molar-refractivity contribution in [1.82, 2.24) is 4.90 Å². The number of carbonyl (C=O) groups is 1. The summed E-state index contributed by atoms with van der Waals surface area (Å²) in [6, 6.07) is 13.6. The molecule has 3 aromatic rings. The van der Waals surface area contributed by atoms with E-state index < -0.39 is 6.10 Å². The molecule has 0 N–H and O–H groups in total. The highest BCUT2D eigenvalue weighted by Crippen LogP contribution is 2.36. The molecule has 170 valence electrons. The molecular weight excluding hydrogens is 420 g/mol. The lowest BCUT2D eigenvalue weighted by atomic mass is 10.0. The Bertz CT molecular complexity index is 1280. The van der Waals surface area contributed by atoms with E-state index in [1.54, 1.807) is 6.07 Å². The summed E-state index contributed by atoms with van der Waals surface area (Å²) in [7, 11) is 0. The minimum atomic E-state index is -0.603. The maximum absolute atomic E-state index is 13.2. The molecule has 1 aromatic heterocycles. The maximum atomic E-state index is 13.2. The van der Waals surface area contributed by atoms with Gasteiger partial charge in [0.1, 0.15) is 11.3 Å². The van der Waals surface area contributed by atoms with Gasteiger partial charge in [-0.3, -0.25) is 4.79 Å². The molecule has 0 spiro atoms. The van der Waals surface area contributed by atoms with E-state index >= 15 is 0 Å². The number of hydrogen-bond donors (Lipinski definition) is 0. The molecule has 1 fully saturated rings. The molecule has 6 rings (SSSR count). The van der Waals surface area contributed by atoms with Gasteiger partial charge in [0.05, 0.1) is 25.4 Å². The molecular formula is C26H26N2O5. The van der Waals surface area contributed by atoms with Gasteiger partial charge >= 0.3 is 5.63 Å². The van der Waals surface area contributed by atoms with Gasteiger partial charge in [-0.15, -0.1) is 0 Å². The predicted octanol–water partition coefficient (Wildman–Crippen LogP) is 2.91. The van der Waals surface area contributed by atoms with Crippen molar-refractivity contribution in [1.29, 1.82) is 0 Å². The van der Waals surface area contributed by atoms with Gasteiger partial charge in [-0.2, -0.15) is 0 Å². The zero-order valence-electron chi connectivity index (χ0n) is 18.4. The number of para-hydroxylation sites is 2. The fourth-order valence-electron chi connectivity index (χ4n) is 5.20. The predicted molar refractivity (Wildman–Crippen MR) is 124 cm³/mol. The highest BCUT2D eigenvalue weighted by atomic mass is 16.5. The van der Waals surface area contributed by atoms with Crippen molar-refractivity contribution in [3.05, 3.63) is 69.6 Å². The van der Waals surface area contributed by atoms with Crippen LogP contribution in [0.25, 0.3) is 11.0 Å². The van der Waals surface area contributed by atoms with E-state index in [0.29, 0.717) is 50.7 Å². The first-order valence-electron chi connectivity index (χ1n) is 11.6. The Morgan fingerprint density at radius 2 is 1.82 bits per heavy atom. The monoisotopic (exact) mass is 446 g/mol. The fraction of sp³-hybridized carbons (Fsp3) is 0.385. The van der Waals surface area contributed by atoms with Gasteiger partial charge in [0.25, 0.3) is 5.91 Å². The number of hydrogen-bond acceptors (Lipinski definition) is 6. The third-order valence-corrected chi connectivity index (χ3v) is 6.86. The largest absolute Gasteiger partial charge is 0.477 e. The second kappa shape index (κ2) is 8.23. The first-order valence-corrected chi connectivity index (χ1v) is 11.6. The van der Waals surface area contributed by atoms with Crippen LogP contribution in [-0.2, 0) is 28.9 Å². The van der Waals surface area contributed by atoms with Crippen LogP contribution in [0.1, 0.15) is 23.1 Å². The average molecular weight is 447 g/mol. The van der Waals surface area contributed by atoms with E-state index in [4.69, 9.17) is 13.9 Å². The van der Waals surface area contributed by atoms with Crippen LogP contribution in [0, 0.1) is 0 Å². The molecule has 1 amide bonds. The van der Waals surface area contributed by atoms with Crippen molar-refractivity contribution in [2.45, 2.75) is 31.9 Å². The van der Waals surface area contributed by atoms with Crippen molar-refractivity contribution in [3.63, 3.8) is 0 Å². The van der Waals surface area contributed by atoms with Crippen LogP contribution >= 0.6 is 0 Å². The van der Waals surface area contributed by atoms with Crippen molar-refractivity contribution in [2.24, 2.45) is 0 Å². The van der Waals surface area contributed by atoms with Crippen LogP contribution in [-0.4, -0.2) is 49.8 Å². The number of nitrogens with zero attached hydrogens (tertiary/aromatic N) is 2. The Morgan fingerprint density at radius 3 is 2.67 bits per heavy atom. The number of benzene rings is 2. The SMILES string of the molecule is O=C([C@H]1CN(Cc2cc(=O)oc3cc4c(cc23)CCC4)c2ccccc2O1)N1CCOCC1. The lowest BCUT2D eigenvalue weighted by Crippen LogP contribution is -2.52. The zero-order valence-corrected chi connectivity index (χ0v) is 18.4. The maximum Gasteiger partial charge on any atom is 0.336 e. The Hall–Kier alpha value is -3.32. The molecule has 3 heterocycles. The lowest BCUT2D eigenvalue weighted by molar-refractivity contribution is -0.142. The second-order valence-electron chi connectivity index (χ2n) is 8.95. The topological polar surface area (TPSA) is 72.2 Å². The number of aryl methyl sites for hydroxylation is 2. The van der Waals surface area contributed by atoms with E-state index in [0.717, 1.165) is 35.9 Å². The summed E-state index contributed by atoms with van der Waals surface area (Å²) in [5.74, 6) is 0.663. The number of ether oxygens (including phenoxy) is 2. The van der Waals surface area contributed by atoms with Gasteiger partial charge in [0.2, 0.25) is 0 Å². The third kappa shape index (κ3) is 3.76. The normalized spacial score (nSPS) is 19.8. The molecule has 7 nitrogen and oxygen atoms in total. The highest BCUT2D eigenvalue weighted by molar-refractivity contribution is 5.85. The van der Waals surface area contributed by atoms with Gasteiger partial charge in [-0.1, -0.05) is 12.1 Å². The van der Waals surface area contributed by atoms with Gasteiger partial charge in [-0.25, -0.2) is 4.79 Å². The van der Waals surface area contributed by atoms with Crippen molar-refractivity contribution in [2.75, 3.05) is 37.7 Å². The third-order valence-electron chi connectivity index (χ3n) is 6.86. The Labute approximate surface area is 191 Å². The Balaban J connectivity index is 1.36. The van der Waals surface area contributed by atoms with Crippen molar-refractivity contribution >= 4 is 22.6 Å². The summed E-state index contributed by atoms with van der Waals surface area (Å²) < 4.78 is 17.1. The molecule has 3 aliphatic rings. The number of fused-ring (bicyclic) bond motifs is 3. The smallest absolute Gasteiger partial charge is 0.336 e. The van der Waals surface area contributed by atoms with Gasteiger partial charge in [0, 0.05) is 31.1 Å². The molecule has 33 heavy (non-hydrogen) atoms. The van der Waals surface area contributed by atoms with E-state index in [2.05, 4.69) is 11.0 Å². The molecule has 7 heteroatoms. The molecule has 1 aliphatic carbocycles. The number of carbonyl (C=O) groups excluding carboxylic acids is 1.